The number of ketones is 2. The van der Waals surface area contributed by atoms with Gasteiger partial charge in [0.15, 0.2) is 11.6 Å². The summed E-state index contributed by atoms with van der Waals surface area (Å²) in [5.74, 6) is -0.835. The fraction of sp³-hybridized carbons (Fsp3) is 0.300. The molecule has 34 heavy (non-hydrogen) atoms. The molecule has 0 unspecified atom stereocenters. The third-order valence-corrected chi connectivity index (χ3v) is 5.06. The summed E-state index contributed by atoms with van der Waals surface area (Å²) in [6.45, 7) is 2.14. The molecule has 1 aromatic rings. The molecule has 1 aliphatic rings. The molecule has 0 aromatic heterocycles. The highest BCUT2D eigenvalue weighted by Gasteiger charge is 2.24. The van der Waals surface area contributed by atoms with Gasteiger partial charge in [-0.15, -0.1) is 0 Å². The Labute approximate surface area is 203 Å². The lowest BCUT2D eigenvalue weighted by molar-refractivity contribution is -0.134. The smallest absolute Gasteiger partial charge is 0.311 e. The Bertz CT molecular complexity index is 1000. The van der Waals surface area contributed by atoms with Crippen molar-refractivity contribution in [3.05, 3.63) is 102 Å². The Kier molecular flexibility index (Phi) is 12.7. The lowest BCUT2D eigenvalue weighted by atomic mass is 9.94. The molecule has 4 heteroatoms. The molecule has 4 nitrogen and oxygen atoms in total. The van der Waals surface area contributed by atoms with Gasteiger partial charge in [0.25, 0.3) is 0 Å². The number of carbonyl (C=O) groups is 3. The van der Waals surface area contributed by atoms with Crippen LogP contribution in [0.2, 0.25) is 0 Å². The van der Waals surface area contributed by atoms with E-state index in [1.807, 2.05) is 0 Å². The molecule has 1 aromatic carbocycles. The summed E-state index contributed by atoms with van der Waals surface area (Å²) in [6, 6.07) is 4.73. The van der Waals surface area contributed by atoms with Crippen LogP contribution in [0.5, 0.6) is 5.75 Å². The minimum Gasteiger partial charge on any atom is -0.426 e. The van der Waals surface area contributed by atoms with Crippen LogP contribution in [0.1, 0.15) is 79.0 Å². The number of esters is 1. The van der Waals surface area contributed by atoms with Crippen molar-refractivity contribution >= 4 is 17.5 Å². The van der Waals surface area contributed by atoms with Gasteiger partial charge in [-0.25, -0.2) is 0 Å². The van der Waals surface area contributed by atoms with Gasteiger partial charge in [0.05, 0.1) is 5.56 Å². The normalized spacial score (nSPS) is 13.9. The van der Waals surface area contributed by atoms with Crippen LogP contribution in [0.4, 0.5) is 0 Å². The van der Waals surface area contributed by atoms with Gasteiger partial charge < -0.3 is 4.74 Å². The van der Waals surface area contributed by atoms with Crippen LogP contribution in [-0.4, -0.2) is 17.5 Å². The highest BCUT2D eigenvalue weighted by molar-refractivity contribution is 6.23. The van der Waals surface area contributed by atoms with Gasteiger partial charge in [-0.3, -0.25) is 14.4 Å². The number of allylic oxidation sites excluding steroid dienone is 12. The summed E-state index contributed by atoms with van der Waals surface area (Å²) in [6.07, 6.45) is 30.5. The number of carbonyl (C=O) groups excluding carboxylic acids is 3. The highest BCUT2D eigenvalue weighted by Crippen LogP contribution is 2.27. The summed E-state index contributed by atoms with van der Waals surface area (Å²) in [5.41, 5.74) is 0.442. The predicted molar refractivity (Wildman–Crippen MR) is 138 cm³/mol. The maximum Gasteiger partial charge on any atom is 0.311 e. The molecule has 0 amide bonds. The quantitative estimate of drug-likeness (QED) is 0.126. The third-order valence-electron chi connectivity index (χ3n) is 5.06. The molecule has 2 rings (SSSR count). The van der Waals surface area contributed by atoms with Crippen LogP contribution in [0.15, 0.2) is 91.1 Å². The molecule has 1 aliphatic carbocycles. The van der Waals surface area contributed by atoms with E-state index in [4.69, 9.17) is 4.74 Å². The zero-order chi connectivity index (χ0) is 24.4. The van der Waals surface area contributed by atoms with Crippen molar-refractivity contribution in [2.45, 2.75) is 58.3 Å². The SMILES string of the molecule is CC/C=C\C/C=C\C/C=C\C/C=C\C/C=C\CCCC(=O)Oc1cccc2c1C(=O)C=CC2=O. The van der Waals surface area contributed by atoms with E-state index in [-0.39, 0.29) is 34.9 Å². The van der Waals surface area contributed by atoms with Crippen LogP contribution >= 0.6 is 0 Å². The van der Waals surface area contributed by atoms with E-state index in [2.05, 4.69) is 67.7 Å². The number of ether oxygens (including phenoxy) is 1. The second-order valence-corrected chi connectivity index (χ2v) is 7.81. The van der Waals surface area contributed by atoms with Crippen LogP contribution in [0, 0.1) is 0 Å². The molecule has 0 saturated carbocycles. The summed E-state index contributed by atoms with van der Waals surface area (Å²) in [4.78, 5) is 36.2. The molecule has 0 saturated heterocycles. The fourth-order valence-electron chi connectivity index (χ4n) is 3.31. The molecule has 0 atom stereocenters. The first-order valence-electron chi connectivity index (χ1n) is 12.0. The van der Waals surface area contributed by atoms with E-state index >= 15 is 0 Å². The van der Waals surface area contributed by atoms with Gasteiger partial charge in [-0.1, -0.05) is 79.8 Å². The summed E-state index contributed by atoms with van der Waals surface area (Å²) < 4.78 is 5.37. The zero-order valence-electron chi connectivity index (χ0n) is 20.0. The zero-order valence-corrected chi connectivity index (χ0v) is 20.0. The van der Waals surface area contributed by atoms with Crippen molar-refractivity contribution in [3.8, 4) is 5.75 Å². The Morgan fingerprint density at radius 2 is 1.32 bits per heavy atom. The summed E-state index contributed by atoms with van der Waals surface area (Å²) >= 11 is 0. The van der Waals surface area contributed by atoms with E-state index in [1.165, 1.54) is 12.2 Å². The molecule has 0 spiro atoms. The van der Waals surface area contributed by atoms with Gasteiger partial charge in [-0.2, -0.15) is 0 Å². The van der Waals surface area contributed by atoms with Crippen molar-refractivity contribution in [1.82, 2.24) is 0 Å². The van der Waals surface area contributed by atoms with Crippen LogP contribution in [0.3, 0.4) is 0 Å². The number of unbranched alkanes of at least 4 members (excludes halogenated alkanes) is 1. The molecule has 0 radical (unpaired) electrons. The standard InChI is InChI=1S/C30H34O4/c1-2-3-4-5-6-7-8-9-10-11-12-13-14-15-16-17-18-22-29(33)34-28-21-19-20-25-26(31)23-24-27(32)30(25)28/h3-4,6-7,9-10,12-13,15-16,19-21,23-24H,2,5,8,11,14,17-18,22H2,1H3/b4-3-,7-6-,10-9-,13-12-,16-15-. The molecule has 0 N–H and O–H groups in total. The maximum absolute atomic E-state index is 12.2. The lowest BCUT2D eigenvalue weighted by Crippen LogP contribution is -2.16. The summed E-state index contributed by atoms with van der Waals surface area (Å²) in [7, 11) is 0. The number of benzene rings is 1. The first-order valence-corrected chi connectivity index (χ1v) is 12.0. The van der Waals surface area contributed by atoms with Gasteiger partial charge >= 0.3 is 5.97 Å². The topological polar surface area (TPSA) is 60.4 Å². The first kappa shape index (κ1) is 26.7. The minimum atomic E-state index is -0.407. The van der Waals surface area contributed by atoms with Crippen molar-refractivity contribution in [1.29, 1.82) is 0 Å². The average Bonchev–Trinajstić information content (AvgIpc) is 2.83. The number of hydrogen-bond acceptors (Lipinski definition) is 4. The van der Waals surface area contributed by atoms with Crippen LogP contribution in [0.25, 0.3) is 0 Å². The number of fused-ring (bicyclic) bond motifs is 1. The van der Waals surface area contributed by atoms with E-state index < -0.39 is 5.97 Å². The van der Waals surface area contributed by atoms with Crippen LogP contribution < -0.4 is 4.74 Å². The Morgan fingerprint density at radius 1 is 0.765 bits per heavy atom. The van der Waals surface area contributed by atoms with Gasteiger partial charge in [0, 0.05) is 12.0 Å². The lowest BCUT2D eigenvalue weighted by Gasteiger charge is -2.13. The Balaban J connectivity index is 1.58. The average molecular weight is 459 g/mol. The largest absolute Gasteiger partial charge is 0.426 e. The van der Waals surface area contributed by atoms with Crippen molar-refractivity contribution in [3.63, 3.8) is 0 Å². The maximum atomic E-state index is 12.2. The van der Waals surface area contributed by atoms with Crippen LogP contribution in [-0.2, 0) is 4.79 Å². The van der Waals surface area contributed by atoms with E-state index in [0.29, 0.717) is 6.42 Å². The molecular formula is C30H34O4. The van der Waals surface area contributed by atoms with E-state index in [0.717, 1.165) is 38.5 Å². The monoisotopic (exact) mass is 458 g/mol. The second kappa shape index (κ2) is 16.1. The Hall–Kier alpha value is -3.53. The first-order chi connectivity index (χ1) is 16.6. The molecule has 0 bridgehead atoms. The third kappa shape index (κ3) is 9.95. The van der Waals surface area contributed by atoms with Crippen molar-refractivity contribution in [2.24, 2.45) is 0 Å². The fourth-order valence-corrected chi connectivity index (χ4v) is 3.31. The molecular weight excluding hydrogens is 424 g/mol. The predicted octanol–water partition coefficient (Wildman–Crippen LogP) is 7.45. The van der Waals surface area contributed by atoms with Gasteiger partial charge in [-0.05, 0) is 63.2 Å². The number of hydrogen-bond donors (Lipinski definition) is 0. The molecule has 0 aliphatic heterocycles. The highest BCUT2D eigenvalue weighted by atomic mass is 16.5. The second-order valence-electron chi connectivity index (χ2n) is 7.81. The van der Waals surface area contributed by atoms with Crippen molar-refractivity contribution < 1.29 is 19.1 Å². The van der Waals surface area contributed by atoms with E-state index in [9.17, 15) is 14.4 Å². The minimum absolute atomic E-state index is 0.153. The molecule has 0 heterocycles. The van der Waals surface area contributed by atoms with Gasteiger partial charge in [0.2, 0.25) is 0 Å². The molecule has 0 fully saturated rings. The molecule has 178 valence electrons. The number of rotatable bonds is 14. The Morgan fingerprint density at radius 3 is 1.94 bits per heavy atom. The van der Waals surface area contributed by atoms with E-state index in [1.54, 1.807) is 18.2 Å². The summed E-state index contributed by atoms with van der Waals surface area (Å²) in [5, 5.41) is 0. The van der Waals surface area contributed by atoms with Gasteiger partial charge in [0.1, 0.15) is 5.75 Å². The van der Waals surface area contributed by atoms with Crippen molar-refractivity contribution in [2.75, 3.05) is 0 Å².